The van der Waals surface area contributed by atoms with Crippen LogP contribution in [-0.4, -0.2) is 35.2 Å². The third-order valence-corrected chi connectivity index (χ3v) is 2.68. The molecule has 8 heteroatoms. The SMILES string of the molecule is C[N-]OC.O=C(O)c1cc(-c2cccc(Br)c2)ncn1.[Na+]. The number of benzene rings is 1. The first-order chi connectivity index (χ1) is 9.58. The molecule has 0 saturated carbocycles. The van der Waals surface area contributed by atoms with Crippen LogP contribution in [-0.2, 0) is 4.84 Å². The first kappa shape index (κ1) is 20.2. The van der Waals surface area contributed by atoms with Crippen molar-refractivity contribution >= 4 is 21.9 Å². The Hall–Kier alpha value is -0.830. The summed E-state index contributed by atoms with van der Waals surface area (Å²) in [5.74, 6) is -1.06. The number of hydroxylamine groups is 1. The monoisotopic (exact) mass is 361 g/mol. The largest absolute Gasteiger partial charge is 1.00 e. The third-order valence-electron chi connectivity index (χ3n) is 2.19. The van der Waals surface area contributed by atoms with E-state index in [-0.39, 0.29) is 35.3 Å². The summed E-state index contributed by atoms with van der Waals surface area (Å²) in [4.78, 5) is 22.6. The summed E-state index contributed by atoms with van der Waals surface area (Å²) in [5, 5.41) is 8.81. The number of aromatic carboxylic acids is 1. The van der Waals surface area contributed by atoms with Gasteiger partial charge in [0.05, 0.1) is 5.69 Å². The number of carboxylic acid groups (broad SMARTS) is 1. The molecular formula is C13H13BrN3NaO3. The number of carbonyl (C=O) groups is 1. The summed E-state index contributed by atoms with van der Waals surface area (Å²) in [6.07, 6.45) is 1.25. The van der Waals surface area contributed by atoms with Crippen molar-refractivity contribution in [2.75, 3.05) is 14.2 Å². The standard InChI is InChI=1S/C11H7BrN2O2.C2H6NO.Na/c12-8-3-1-2-7(4-8)9-5-10(11(15)16)14-6-13-9;1-3-4-2;/h1-6H,(H,15,16);1-2H3;/q;-1;+1. The molecule has 1 aromatic heterocycles. The van der Waals surface area contributed by atoms with Crippen LogP contribution in [0.25, 0.3) is 16.7 Å². The summed E-state index contributed by atoms with van der Waals surface area (Å²) in [5.41, 5.74) is 4.66. The fourth-order valence-electron chi connectivity index (χ4n) is 1.28. The molecule has 0 radical (unpaired) electrons. The number of aromatic nitrogens is 2. The Kier molecular flexibility index (Phi) is 10.4. The van der Waals surface area contributed by atoms with Crippen molar-refractivity contribution in [3.63, 3.8) is 0 Å². The van der Waals surface area contributed by atoms with Gasteiger partial charge >= 0.3 is 35.5 Å². The van der Waals surface area contributed by atoms with Crippen LogP contribution in [0, 0.1) is 0 Å². The summed E-state index contributed by atoms with van der Waals surface area (Å²) in [6, 6.07) is 8.93. The number of nitrogens with zero attached hydrogens (tertiary/aromatic N) is 3. The van der Waals surface area contributed by atoms with Crippen LogP contribution < -0.4 is 29.6 Å². The minimum absolute atomic E-state index is 0. The smallest absolute Gasteiger partial charge is 0.537 e. The Morgan fingerprint density at radius 3 is 2.52 bits per heavy atom. The topological polar surface area (TPSA) is 86.4 Å². The molecular weight excluding hydrogens is 349 g/mol. The summed E-state index contributed by atoms with van der Waals surface area (Å²) in [6.45, 7) is 0. The summed E-state index contributed by atoms with van der Waals surface area (Å²) >= 11 is 3.35. The van der Waals surface area contributed by atoms with Crippen molar-refractivity contribution in [3.8, 4) is 11.3 Å². The van der Waals surface area contributed by atoms with E-state index < -0.39 is 5.97 Å². The summed E-state index contributed by atoms with van der Waals surface area (Å²) < 4.78 is 0.917. The molecule has 21 heavy (non-hydrogen) atoms. The van der Waals surface area contributed by atoms with E-state index >= 15 is 0 Å². The van der Waals surface area contributed by atoms with Gasteiger partial charge in [0.15, 0.2) is 5.69 Å². The molecule has 6 nitrogen and oxygen atoms in total. The molecule has 1 heterocycles. The number of hydrogen-bond acceptors (Lipinski definition) is 4. The van der Waals surface area contributed by atoms with Gasteiger partial charge in [0.25, 0.3) is 0 Å². The van der Waals surface area contributed by atoms with Crippen LogP contribution >= 0.6 is 15.9 Å². The Morgan fingerprint density at radius 2 is 2.00 bits per heavy atom. The minimum atomic E-state index is -1.06. The quantitative estimate of drug-likeness (QED) is 0.621. The van der Waals surface area contributed by atoms with Crippen molar-refractivity contribution < 1.29 is 44.3 Å². The van der Waals surface area contributed by atoms with E-state index in [1.807, 2.05) is 24.3 Å². The number of rotatable bonds is 3. The second-order valence-electron chi connectivity index (χ2n) is 3.47. The van der Waals surface area contributed by atoms with Crippen LogP contribution in [0.2, 0.25) is 0 Å². The van der Waals surface area contributed by atoms with Crippen molar-refractivity contribution in [2.45, 2.75) is 0 Å². The van der Waals surface area contributed by atoms with Gasteiger partial charge in [0.1, 0.15) is 6.33 Å². The normalized spacial score (nSPS) is 9.10. The molecule has 0 unspecified atom stereocenters. The zero-order valence-electron chi connectivity index (χ0n) is 11.9. The molecule has 0 atom stereocenters. The third kappa shape index (κ3) is 7.12. The van der Waals surface area contributed by atoms with Crippen molar-refractivity contribution in [2.24, 2.45) is 0 Å². The second-order valence-corrected chi connectivity index (χ2v) is 4.38. The molecule has 1 aromatic carbocycles. The van der Waals surface area contributed by atoms with Crippen LogP contribution in [0.3, 0.4) is 0 Å². The zero-order chi connectivity index (χ0) is 15.0. The molecule has 0 aliphatic heterocycles. The number of hydrogen-bond donors (Lipinski definition) is 1. The fraction of sp³-hybridized carbons (Fsp3) is 0.154. The Balaban J connectivity index is 0.000000715. The maximum Gasteiger partial charge on any atom is 1.00 e. The molecule has 0 aliphatic carbocycles. The Morgan fingerprint density at radius 1 is 1.33 bits per heavy atom. The van der Waals surface area contributed by atoms with Crippen LogP contribution in [0.15, 0.2) is 41.1 Å². The van der Waals surface area contributed by atoms with Gasteiger partial charge < -0.3 is 15.4 Å². The van der Waals surface area contributed by atoms with E-state index in [1.54, 1.807) is 7.05 Å². The second kappa shape index (κ2) is 10.8. The average Bonchev–Trinajstić information content (AvgIpc) is 2.47. The van der Waals surface area contributed by atoms with E-state index in [1.165, 1.54) is 19.5 Å². The van der Waals surface area contributed by atoms with E-state index in [2.05, 4.69) is 36.2 Å². The molecule has 106 valence electrons. The van der Waals surface area contributed by atoms with Crippen LogP contribution in [0.4, 0.5) is 0 Å². The maximum absolute atomic E-state index is 10.8. The predicted molar refractivity (Wildman–Crippen MR) is 78.4 cm³/mol. The molecule has 2 aromatic rings. The Labute approximate surface area is 153 Å². The van der Waals surface area contributed by atoms with Gasteiger partial charge in [-0.1, -0.05) is 28.1 Å². The predicted octanol–water partition coefficient (Wildman–Crippen LogP) is 0.160. The van der Waals surface area contributed by atoms with Crippen molar-refractivity contribution in [3.05, 3.63) is 52.3 Å². The molecule has 0 bridgehead atoms. The minimum Gasteiger partial charge on any atom is -0.537 e. The van der Waals surface area contributed by atoms with E-state index in [0.29, 0.717) is 5.69 Å². The van der Waals surface area contributed by atoms with E-state index in [0.717, 1.165) is 10.0 Å². The van der Waals surface area contributed by atoms with Gasteiger partial charge in [0, 0.05) is 17.1 Å². The fourth-order valence-corrected chi connectivity index (χ4v) is 1.68. The molecule has 0 saturated heterocycles. The molecule has 1 N–H and O–H groups in total. The molecule has 0 aliphatic rings. The van der Waals surface area contributed by atoms with Gasteiger partial charge in [-0.15, -0.1) is 7.05 Å². The van der Waals surface area contributed by atoms with Gasteiger partial charge in [-0.05, 0) is 18.2 Å². The van der Waals surface area contributed by atoms with E-state index in [4.69, 9.17) is 5.11 Å². The molecule has 2 rings (SSSR count). The maximum atomic E-state index is 10.8. The number of halogens is 1. The van der Waals surface area contributed by atoms with Gasteiger partial charge in [-0.2, -0.15) is 0 Å². The first-order valence-electron chi connectivity index (χ1n) is 5.52. The van der Waals surface area contributed by atoms with Crippen LogP contribution in [0.1, 0.15) is 10.5 Å². The van der Waals surface area contributed by atoms with Crippen molar-refractivity contribution in [1.82, 2.24) is 9.97 Å². The van der Waals surface area contributed by atoms with Gasteiger partial charge in [0.2, 0.25) is 0 Å². The van der Waals surface area contributed by atoms with Crippen LogP contribution in [0.5, 0.6) is 0 Å². The summed E-state index contributed by atoms with van der Waals surface area (Å²) in [7, 11) is 3.10. The van der Waals surface area contributed by atoms with Gasteiger partial charge in [-0.3, -0.25) is 0 Å². The van der Waals surface area contributed by atoms with Gasteiger partial charge in [-0.25, -0.2) is 14.8 Å². The van der Waals surface area contributed by atoms with E-state index in [9.17, 15) is 4.79 Å². The number of carboxylic acids is 1. The Bertz CT molecular complexity index is 582. The average molecular weight is 362 g/mol. The molecule has 0 amide bonds. The zero-order valence-corrected chi connectivity index (χ0v) is 15.5. The molecule has 0 fully saturated rings. The van der Waals surface area contributed by atoms with Crippen molar-refractivity contribution in [1.29, 1.82) is 0 Å². The molecule has 0 spiro atoms. The first-order valence-corrected chi connectivity index (χ1v) is 6.31.